The molecule has 1 atom stereocenters. The fourth-order valence-corrected chi connectivity index (χ4v) is 3.93. The lowest BCUT2D eigenvalue weighted by molar-refractivity contribution is -0.0720. The number of nitrogens with zero attached hydrogens (tertiary/aromatic N) is 1. The molecule has 0 radical (unpaired) electrons. The molecule has 3 aromatic rings. The number of halogens is 1. The van der Waals surface area contributed by atoms with Crippen molar-refractivity contribution in [3.05, 3.63) is 52.9 Å². The largest absolute Gasteiger partial charge is 0.504 e. The first kappa shape index (κ1) is 19.7. The molecule has 8 nitrogen and oxygen atoms in total. The van der Waals surface area contributed by atoms with Crippen LogP contribution in [0.5, 0.6) is 11.5 Å². The molecule has 1 aromatic carbocycles. The first-order valence-electron chi connectivity index (χ1n) is 10.1. The quantitative estimate of drug-likeness (QED) is 0.436. The molecule has 1 amide bonds. The Balaban J connectivity index is 1.59. The third-order valence-corrected chi connectivity index (χ3v) is 5.79. The number of rotatable bonds is 6. The average Bonchev–Trinajstić information content (AvgIpc) is 3.10. The van der Waals surface area contributed by atoms with Crippen molar-refractivity contribution in [1.82, 2.24) is 15.3 Å². The fourth-order valence-electron chi connectivity index (χ4n) is 3.76. The van der Waals surface area contributed by atoms with E-state index in [0.29, 0.717) is 48.0 Å². The molecule has 9 heteroatoms. The van der Waals surface area contributed by atoms with Crippen LogP contribution in [0, 0.1) is 0 Å². The Morgan fingerprint density at radius 2 is 2.23 bits per heavy atom. The number of aromatic nitrogens is 2. The van der Waals surface area contributed by atoms with Crippen LogP contribution in [0.15, 0.2) is 36.7 Å². The molecule has 1 saturated heterocycles. The minimum Gasteiger partial charge on any atom is -0.504 e. The highest BCUT2D eigenvalue weighted by Gasteiger charge is 2.29. The number of carbonyl (C=O) groups excluding carboxylic acids is 1. The van der Waals surface area contributed by atoms with Crippen molar-refractivity contribution in [3.63, 3.8) is 0 Å². The molecule has 2 aromatic heterocycles. The van der Waals surface area contributed by atoms with Gasteiger partial charge in [0.25, 0.3) is 5.91 Å². The summed E-state index contributed by atoms with van der Waals surface area (Å²) in [4.78, 5) is 20.3. The summed E-state index contributed by atoms with van der Waals surface area (Å²) in [5, 5.41) is 16.7. The van der Waals surface area contributed by atoms with Crippen LogP contribution in [0.3, 0.4) is 0 Å². The lowest BCUT2D eigenvalue weighted by Crippen LogP contribution is -2.32. The Morgan fingerprint density at radius 3 is 3.03 bits per heavy atom. The third-order valence-electron chi connectivity index (χ3n) is 5.48. The van der Waals surface area contributed by atoms with E-state index < -0.39 is 0 Å². The predicted molar refractivity (Wildman–Crippen MR) is 116 cm³/mol. The number of anilines is 2. The molecule has 0 bridgehead atoms. The molecule has 4 heterocycles. The molecule has 160 valence electrons. The molecule has 5 rings (SSSR count). The van der Waals surface area contributed by atoms with Crippen molar-refractivity contribution < 1.29 is 19.4 Å². The van der Waals surface area contributed by atoms with Crippen molar-refractivity contribution in [2.24, 2.45) is 0 Å². The Morgan fingerprint density at radius 1 is 1.35 bits per heavy atom. The van der Waals surface area contributed by atoms with Gasteiger partial charge in [0.1, 0.15) is 12.4 Å². The van der Waals surface area contributed by atoms with Gasteiger partial charge in [-0.05, 0) is 18.2 Å². The van der Waals surface area contributed by atoms with Crippen molar-refractivity contribution in [2.45, 2.75) is 18.9 Å². The molecule has 2 aliphatic rings. The second-order valence-corrected chi connectivity index (χ2v) is 7.87. The summed E-state index contributed by atoms with van der Waals surface area (Å²) in [5.74, 6) is 0.303. The maximum absolute atomic E-state index is 12.7. The van der Waals surface area contributed by atoms with Crippen LogP contribution in [-0.4, -0.2) is 46.8 Å². The molecule has 2 aliphatic heterocycles. The van der Waals surface area contributed by atoms with Gasteiger partial charge in [-0.3, -0.25) is 9.78 Å². The number of pyridine rings is 1. The Hall–Kier alpha value is -3.23. The van der Waals surface area contributed by atoms with Crippen LogP contribution >= 0.6 is 11.6 Å². The maximum Gasteiger partial charge on any atom is 0.255 e. The number of aromatic amines is 1. The zero-order valence-corrected chi connectivity index (χ0v) is 17.3. The Labute approximate surface area is 183 Å². The third kappa shape index (κ3) is 3.68. The highest BCUT2D eigenvalue weighted by Crippen LogP contribution is 2.42. The second kappa shape index (κ2) is 8.13. The van der Waals surface area contributed by atoms with Crippen LogP contribution in [0.25, 0.3) is 11.3 Å². The number of para-hydroxylation sites is 1. The summed E-state index contributed by atoms with van der Waals surface area (Å²) in [6.45, 7) is 1.73. The number of H-pyrrole nitrogens is 1. The van der Waals surface area contributed by atoms with Crippen molar-refractivity contribution >= 4 is 28.9 Å². The average molecular weight is 441 g/mol. The minimum atomic E-state index is -0.188. The van der Waals surface area contributed by atoms with Crippen molar-refractivity contribution in [1.29, 1.82) is 0 Å². The van der Waals surface area contributed by atoms with Crippen LogP contribution in [0.2, 0.25) is 5.02 Å². The number of ether oxygens (including phenoxy) is 2. The van der Waals surface area contributed by atoms with E-state index in [2.05, 4.69) is 20.6 Å². The summed E-state index contributed by atoms with van der Waals surface area (Å²) in [6, 6.07) is 6.85. The molecular weight excluding hydrogens is 420 g/mol. The normalized spacial score (nSPS) is 17.5. The topological polar surface area (TPSA) is 109 Å². The van der Waals surface area contributed by atoms with E-state index >= 15 is 0 Å². The number of benzene rings is 1. The van der Waals surface area contributed by atoms with E-state index in [9.17, 15) is 9.90 Å². The zero-order valence-electron chi connectivity index (χ0n) is 16.6. The Bertz CT molecular complexity index is 1140. The van der Waals surface area contributed by atoms with Gasteiger partial charge in [-0.15, -0.1) is 0 Å². The molecular formula is C22H21ClN4O4. The highest BCUT2D eigenvalue weighted by atomic mass is 35.5. The standard InChI is InChI=1S/C22H21ClN4O4/c23-14-2-1-3-16(21(14)28)27-20-18-15(5-8-25-22(18)29)26-19(20)13-4-7-24-10-17(13)31-11-12-6-9-30-12/h1-4,7,10,12,26-28H,5-6,8-9,11H2,(H,25,29)/t12-/m1/s1. The van der Waals surface area contributed by atoms with E-state index in [-0.39, 0.29) is 22.8 Å². The number of phenolic OH excluding ortho intramolecular Hbond substituents is 1. The van der Waals surface area contributed by atoms with Gasteiger partial charge in [0.15, 0.2) is 5.75 Å². The number of fused-ring (bicyclic) bond motifs is 1. The molecule has 0 saturated carbocycles. The van der Waals surface area contributed by atoms with Gasteiger partial charge in [0, 0.05) is 43.4 Å². The number of nitrogens with one attached hydrogen (secondary N) is 3. The van der Waals surface area contributed by atoms with Crippen molar-refractivity contribution in [3.8, 4) is 22.8 Å². The summed E-state index contributed by atoms with van der Waals surface area (Å²) in [5.41, 5.74) is 3.68. The van der Waals surface area contributed by atoms with Crippen LogP contribution in [-0.2, 0) is 11.2 Å². The van der Waals surface area contributed by atoms with E-state index in [0.717, 1.165) is 24.3 Å². The smallest absolute Gasteiger partial charge is 0.255 e. The SMILES string of the molecule is O=C1NCCc2[nH]c(-c3ccncc3OC[C@H]3CCO3)c(Nc3cccc(Cl)c3O)c21. The lowest BCUT2D eigenvalue weighted by Gasteiger charge is -2.26. The number of amides is 1. The van der Waals surface area contributed by atoms with Gasteiger partial charge in [0.05, 0.1) is 40.0 Å². The molecule has 0 spiro atoms. The first-order valence-corrected chi connectivity index (χ1v) is 10.5. The lowest BCUT2D eigenvalue weighted by atomic mass is 10.0. The monoisotopic (exact) mass is 440 g/mol. The maximum atomic E-state index is 12.7. The van der Waals surface area contributed by atoms with E-state index in [1.807, 2.05) is 6.07 Å². The van der Waals surface area contributed by atoms with Gasteiger partial charge < -0.3 is 30.2 Å². The first-order chi connectivity index (χ1) is 15.1. The van der Waals surface area contributed by atoms with Crippen molar-refractivity contribution in [2.75, 3.05) is 25.1 Å². The number of hydrogen-bond acceptors (Lipinski definition) is 6. The molecule has 1 fully saturated rings. The fraction of sp³-hybridized carbons (Fsp3) is 0.273. The minimum absolute atomic E-state index is 0.0803. The Kier molecular flexibility index (Phi) is 5.17. The van der Waals surface area contributed by atoms with Gasteiger partial charge >= 0.3 is 0 Å². The van der Waals surface area contributed by atoms with Crippen LogP contribution < -0.4 is 15.4 Å². The number of aromatic hydroxyl groups is 1. The predicted octanol–water partition coefficient (Wildman–Crippen LogP) is 3.63. The molecule has 31 heavy (non-hydrogen) atoms. The summed E-state index contributed by atoms with van der Waals surface area (Å²) in [6.07, 6.45) is 5.02. The van der Waals surface area contributed by atoms with E-state index in [4.69, 9.17) is 21.1 Å². The van der Waals surface area contributed by atoms with E-state index in [1.54, 1.807) is 30.6 Å². The number of hydrogen-bond donors (Lipinski definition) is 4. The van der Waals surface area contributed by atoms with Crippen LogP contribution in [0.4, 0.5) is 11.4 Å². The molecule has 0 aliphatic carbocycles. The van der Waals surface area contributed by atoms with Crippen LogP contribution in [0.1, 0.15) is 22.5 Å². The molecule has 4 N–H and O–H groups in total. The van der Waals surface area contributed by atoms with Gasteiger partial charge in [-0.1, -0.05) is 17.7 Å². The van der Waals surface area contributed by atoms with Gasteiger partial charge in [-0.2, -0.15) is 0 Å². The number of carbonyl (C=O) groups is 1. The van der Waals surface area contributed by atoms with Gasteiger partial charge in [0.2, 0.25) is 0 Å². The second-order valence-electron chi connectivity index (χ2n) is 7.46. The number of phenols is 1. The zero-order chi connectivity index (χ0) is 21.4. The summed E-state index contributed by atoms with van der Waals surface area (Å²) in [7, 11) is 0. The van der Waals surface area contributed by atoms with E-state index in [1.165, 1.54) is 0 Å². The summed E-state index contributed by atoms with van der Waals surface area (Å²) >= 11 is 6.08. The highest BCUT2D eigenvalue weighted by molar-refractivity contribution is 6.32. The molecule has 0 unspecified atom stereocenters. The van der Waals surface area contributed by atoms with Gasteiger partial charge in [-0.25, -0.2) is 0 Å². The summed E-state index contributed by atoms with van der Waals surface area (Å²) < 4.78 is 11.4.